The molecule has 6 nitrogen and oxygen atoms in total. The van der Waals surface area contributed by atoms with Crippen LogP contribution in [0.25, 0.3) is 22.6 Å². The number of nitrogens with one attached hydrogen (secondary N) is 1. The molecule has 0 unspecified atom stereocenters. The molecular weight excluding hydrogens is 298 g/mol. The lowest BCUT2D eigenvalue weighted by molar-refractivity contribution is 0.573. The molecule has 108 valence electrons. The molecule has 3 heterocycles. The first-order valence-electron chi connectivity index (χ1n) is 6.67. The van der Waals surface area contributed by atoms with Crippen LogP contribution >= 0.6 is 11.8 Å². The van der Waals surface area contributed by atoms with Crippen molar-refractivity contribution in [2.75, 3.05) is 0 Å². The summed E-state index contributed by atoms with van der Waals surface area (Å²) in [6, 6.07) is 9.84. The van der Waals surface area contributed by atoms with E-state index in [9.17, 15) is 0 Å². The van der Waals surface area contributed by atoms with Crippen molar-refractivity contribution in [1.29, 1.82) is 0 Å². The summed E-state index contributed by atoms with van der Waals surface area (Å²) in [5, 5.41) is 0.853. The van der Waals surface area contributed by atoms with Crippen molar-refractivity contribution in [1.82, 2.24) is 24.9 Å². The average Bonchev–Trinajstić information content (AvgIpc) is 3.23. The van der Waals surface area contributed by atoms with E-state index in [1.807, 2.05) is 30.3 Å². The average molecular weight is 309 g/mol. The fraction of sp³-hybridized carbons (Fsp3) is 0.0667. The minimum Gasteiger partial charge on any atom is -0.444 e. The van der Waals surface area contributed by atoms with Crippen molar-refractivity contribution in [3.05, 3.63) is 54.9 Å². The molecule has 4 aromatic rings. The summed E-state index contributed by atoms with van der Waals surface area (Å²) in [5.74, 6) is 1.30. The second kappa shape index (κ2) is 5.61. The van der Waals surface area contributed by atoms with Gasteiger partial charge < -0.3 is 9.40 Å². The van der Waals surface area contributed by atoms with Gasteiger partial charge in [-0.2, -0.15) is 0 Å². The number of nitrogens with zero attached hydrogens (tertiary/aromatic N) is 4. The highest BCUT2D eigenvalue weighted by molar-refractivity contribution is 7.98. The second-order valence-corrected chi connectivity index (χ2v) is 5.54. The molecule has 0 saturated heterocycles. The molecule has 1 aromatic carbocycles. The van der Waals surface area contributed by atoms with Gasteiger partial charge in [0, 0.05) is 11.3 Å². The van der Waals surface area contributed by atoms with Crippen LogP contribution in [0.4, 0.5) is 0 Å². The van der Waals surface area contributed by atoms with Crippen LogP contribution in [0.5, 0.6) is 0 Å². The largest absolute Gasteiger partial charge is 0.444 e. The van der Waals surface area contributed by atoms with Gasteiger partial charge in [-0.25, -0.2) is 19.9 Å². The molecule has 0 aliphatic carbocycles. The van der Waals surface area contributed by atoms with E-state index >= 15 is 0 Å². The van der Waals surface area contributed by atoms with Crippen LogP contribution < -0.4 is 0 Å². The van der Waals surface area contributed by atoms with Crippen molar-refractivity contribution in [2.45, 2.75) is 10.8 Å². The van der Waals surface area contributed by atoms with E-state index in [4.69, 9.17) is 4.42 Å². The third-order valence-corrected chi connectivity index (χ3v) is 4.14. The minimum absolute atomic E-state index is 0.630. The summed E-state index contributed by atoms with van der Waals surface area (Å²) >= 11 is 1.57. The zero-order valence-corrected chi connectivity index (χ0v) is 12.2. The van der Waals surface area contributed by atoms with Crippen LogP contribution in [0.15, 0.2) is 58.7 Å². The molecule has 0 radical (unpaired) electrons. The predicted octanol–water partition coefficient (Wildman–Crippen LogP) is 3.30. The van der Waals surface area contributed by atoms with Gasteiger partial charge in [-0.15, -0.1) is 0 Å². The molecule has 0 saturated carbocycles. The maximum absolute atomic E-state index is 5.53. The van der Waals surface area contributed by atoms with E-state index in [2.05, 4.69) is 24.9 Å². The van der Waals surface area contributed by atoms with E-state index in [-0.39, 0.29) is 0 Å². The Hall–Kier alpha value is -2.67. The Kier molecular flexibility index (Phi) is 3.32. The standard InChI is InChI=1S/C15H11N5OS/c1-2-4-10(5-3-1)14-20-11(6-21-14)7-22-15-12-13(17-8-16-12)18-9-19-15/h1-6,8-9H,7H2,(H,16,17,18,19). The summed E-state index contributed by atoms with van der Waals surface area (Å²) in [4.78, 5) is 20.1. The van der Waals surface area contributed by atoms with E-state index in [1.165, 1.54) is 6.33 Å². The molecule has 22 heavy (non-hydrogen) atoms. The van der Waals surface area contributed by atoms with Crippen molar-refractivity contribution in [2.24, 2.45) is 0 Å². The number of oxazole rings is 1. The third-order valence-electron chi connectivity index (χ3n) is 3.12. The van der Waals surface area contributed by atoms with Crippen molar-refractivity contribution in [3.63, 3.8) is 0 Å². The Morgan fingerprint density at radius 1 is 1.09 bits per heavy atom. The number of hydrogen-bond acceptors (Lipinski definition) is 6. The maximum atomic E-state index is 5.53. The number of aromatic amines is 1. The Morgan fingerprint density at radius 3 is 2.91 bits per heavy atom. The lowest BCUT2D eigenvalue weighted by atomic mass is 10.2. The topological polar surface area (TPSA) is 80.5 Å². The van der Waals surface area contributed by atoms with Crippen molar-refractivity contribution >= 4 is 22.9 Å². The first-order chi connectivity index (χ1) is 10.9. The molecule has 7 heteroatoms. The van der Waals surface area contributed by atoms with Gasteiger partial charge in [0.05, 0.1) is 12.0 Å². The number of thioether (sulfide) groups is 1. The molecule has 0 fully saturated rings. The molecule has 0 amide bonds. The predicted molar refractivity (Wildman–Crippen MR) is 83.2 cm³/mol. The number of fused-ring (bicyclic) bond motifs is 1. The van der Waals surface area contributed by atoms with E-state index in [0.29, 0.717) is 17.3 Å². The number of rotatable bonds is 4. The second-order valence-electron chi connectivity index (χ2n) is 4.58. The lowest BCUT2D eigenvalue weighted by Gasteiger charge is -1.98. The highest BCUT2D eigenvalue weighted by Gasteiger charge is 2.10. The zero-order valence-electron chi connectivity index (χ0n) is 11.4. The number of aromatic nitrogens is 5. The van der Waals surface area contributed by atoms with Crippen LogP contribution in [-0.2, 0) is 5.75 Å². The van der Waals surface area contributed by atoms with Crippen LogP contribution in [0.1, 0.15) is 5.69 Å². The van der Waals surface area contributed by atoms with Crippen molar-refractivity contribution < 1.29 is 4.42 Å². The molecule has 0 aliphatic rings. The van der Waals surface area contributed by atoms with Gasteiger partial charge in [-0.3, -0.25) is 0 Å². The highest BCUT2D eigenvalue weighted by atomic mass is 32.2. The molecule has 0 atom stereocenters. The lowest BCUT2D eigenvalue weighted by Crippen LogP contribution is -1.88. The maximum Gasteiger partial charge on any atom is 0.226 e. The normalized spacial score (nSPS) is 11.1. The molecule has 0 spiro atoms. The van der Waals surface area contributed by atoms with Gasteiger partial charge in [0.1, 0.15) is 23.1 Å². The molecule has 0 aliphatic heterocycles. The van der Waals surface area contributed by atoms with Crippen LogP contribution in [0, 0.1) is 0 Å². The van der Waals surface area contributed by atoms with Gasteiger partial charge >= 0.3 is 0 Å². The summed E-state index contributed by atoms with van der Waals surface area (Å²) < 4.78 is 5.53. The number of imidazole rings is 1. The zero-order chi connectivity index (χ0) is 14.8. The summed E-state index contributed by atoms with van der Waals surface area (Å²) in [6.45, 7) is 0. The van der Waals surface area contributed by atoms with E-state index < -0.39 is 0 Å². The van der Waals surface area contributed by atoms with Crippen LogP contribution in [0.3, 0.4) is 0 Å². The summed E-state index contributed by atoms with van der Waals surface area (Å²) in [6.07, 6.45) is 4.82. The SMILES string of the molecule is c1ccc(-c2nc(CSc3ncnc4nc[nH]c34)co2)cc1. The van der Waals surface area contributed by atoms with Crippen LogP contribution in [0.2, 0.25) is 0 Å². The quantitative estimate of drug-likeness (QED) is 0.460. The van der Waals surface area contributed by atoms with E-state index in [0.717, 1.165) is 21.8 Å². The number of H-pyrrole nitrogens is 1. The van der Waals surface area contributed by atoms with Gasteiger partial charge in [-0.05, 0) is 12.1 Å². The number of benzene rings is 1. The Labute approximate surface area is 130 Å². The summed E-state index contributed by atoms with van der Waals surface area (Å²) in [5.41, 5.74) is 3.36. The minimum atomic E-state index is 0.630. The van der Waals surface area contributed by atoms with Crippen LogP contribution in [-0.4, -0.2) is 24.9 Å². The molecular formula is C15H11N5OS. The molecule has 4 rings (SSSR count). The third kappa shape index (κ3) is 2.46. The Bertz CT molecular complexity index is 902. The van der Waals surface area contributed by atoms with E-state index in [1.54, 1.807) is 24.4 Å². The molecule has 0 bridgehead atoms. The van der Waals surface area contributed by atoms with Gasteiger partial charge in [-0.1, -0.05) is 30.0 Å². The summed E-state index contributed by atoms with van der Waals surface area (Å²) in [7, 11) is 0. The first-order valence-corrected chi connectivity index (χ1v) is 7.65. The first kappa shape index (κ1) is 13.0. The molecule has 1 N–H and O–H groups in total. The van der Waals surface area contributed by atoms with Gasteiger partial charge in [0.15, 0.2) is 5.65 Å². The number of hydrogen-bond donors (Lipinski definition) is 1. The fourth-order valence-corrected chi connectivity index (χ4v) is 2.91. The van der Waals surface area contributed by atoms with Gasteiger partial charge in [0.2, 0.25) is 5.89 Å². The van der Waals surface area contributed by atoms with Gasteiger partial charge in [0.25, 0.3) is 0 Å². The van der Waals surface area contributed by atoms with Crippen molar-refractivity contribution in [3.8, 4) is 11.5 Å². The Balaban J connectivity index is 1.53. The fourth-order valence-electron chi connectivity index (χ4n) is 2.08. The monoisotopic (exact) mass is 309 g/mol. The molecule has 3 aromatic heterocycles. The highest BCUT2D eigenvalue weighted by Crippen LogP contribution is 2.26. The smallest absolute Gasteiger partial charge is 0.226 e. The Morgan fingerprint density at radius 2 is 2.00 bits per heavy atom.